The van der Waals surface area contributed by atoms with Crippen LogP contribution in [0.5, 0.6) is 0 Å². The average Bonchev–Trinajstić information content (AvgIpc) is 2.57. The molecule has 2 heterocycles. The van der Waals surface area contributed by atoms with Crippen LogP contribution in [0.2, 0.25) is 0 Å². The molecule has 5 heteroatoms. The van der Waals surface area contributed by atoms with Gasteiger partial charge < -0.3 is 14.8 Å². The average molecular weight is 219 g/mol. The van der Waals surface area contributed by atoms with E-state index in [1.54, 1.807) is 17.4 Å². The summed E-state index contributed by atoms with van der Waals surface area (Å²) >= 11 is 0. The lowest BCUT2D eigenvalue weighted by Gasteiger charge is -2.04. The van der Waals surface area contributed by atoms with Gasteiger partial charge in [0.05, 0.1) is 11.2 Å². The van der Waals surface area contributed by atoms with E-state index in [9.17, 15) is 4.79 Å². The van der Waals surface area contributed by atoms with Crippen LogP contribution in [0.1, 0.15) is 23.2 Å². The normalized spacial score (nSPS) is 10.6. The molecule has 0 amide bonds. The smallest absolute Gasteiger partial charge is 0.356 e. The zero-order valence-electron chi connectivity index (χ0n) is 9.19. The number of carboxylic acids is 1. The van der Waals surface area contributed by atoms with E-state index in [2.05, 4.69) is 10.3 Å². The summed E-state index contributed by atoms with van der Waals surface area (Å²) in [6.07, 6.45) is 1.85. The van der Waals surface area contributed by atoms with Crippen molar-refractivity contribution in [1.82, 2.24) is 9.38 Å². The van der Waals surface area contributed by atoms with Crippen molar-refractivity contribution in [1.29, 1.82) is 0 Å². The number of imidazole rings is 1. The Morgan fingerprint density at radius 2 is 2.31 bits per heavy atom. The second-order valence-corrected chi connectivity index (χ2v) is 3.52. The van der Waals surface area contributed by atoms with Gasteiger partial charge in [0, 0.05) is 12.7 Å². The van der Waals surface area contributed by atoms with E-state index < -0.39 is 5.97 Å². The van der Waals surface area contributed by atoms with Crippen LogP contribution in [0.3, 0.4) is 0 Å². The Kier molecular flexibility index (Phi) is 2.52. The van der Waals surface area contributed by atoms with Crippen molar-refractivity contribution >= 4 is 17.2 Å². The Hall–Kier alpha value is -2.04. The first-order valence-electron chi connectivity index (χ1n) is 5.09. The highest BCUT2D eigenvalue weighted by atomic mass is 16.4. The van der Waals surface area contributed by atoms with E-state index in [0.29, 0.717) is 11.3 Å². The second kappa shape index (κ2) is 3.84. The molecule has 5 nitrogen and oxygen atoms in total. The van der Waals surface area contributed by atoms with Crippen molar-refractivity contribution in [3.05, 3.63) is 29.8 Å². The Morgan fingerprint density at radius 3 is 2.94 bits per heavy atom. The SMILES string of the molecule is CCNc1ccc2c(C(=O)O)nc(C)n2c1. The second-order valence-electron chi connectivity index (χ2n) is 3.52. The lowest BCUT2D eigenvalue weighted by Crippen LogP contribution is -2.00. The van der Waals surface area contributed by atoms with Crippen molar-refractivity contribution in [2.24, 2.45) is 0 Å². The van der Waals surface area contributed by atoms with Crippen molar-refractivity contribution in [2.45, 2.75) is 13.8 Å². The van der Waals surface area contributed by atoms with Gasteiger partial charge in [0.1, 0.15) is 5.82 Å². The van der Waals surface area contributed by atoms with Gasteiger partial charge in [0.2, 0.25) is 0 Å². The maximum Gasteiger partial charge on any atom is 0.356 e. The highest BCUT2D eigenvalue weighted by molar-refractivity contribution is 5.93. The molecule has 0 aliphatic carbocycles. The minimum atomic E-state index is -0.998. The van der Waals surface area contributed by atoms with E-state index in [0.717, 1.165) is 12.2 Å². The molecule has 0 atom stereocenters. The molecule has 0 aliphatic rings. The van der Waals surface area contributed by atoms with Gasteiger partial charge in [0.25, 0.3) is 0 Å². The molecule has 84 valence electrons. The summed E-state index contributed by atoms with van der Waals surface area (Å²) in [5.74, 6) is -0.325. The maximum absolute atomic E-state index is 10.9. The number of aryl methyl sites for hydroxylation is 1. The minimum Gasteiger partial charge on any atom is -0.476 e. The summed E-state index contributed by atoms with van der Waals surface area (Å²) in [7, 11) is 0. The quantitative estimate of drug-likeness (QED) is 0.825. The van der Waals surface area contributed by atoms with Crippen LogP contribution in [0.25, 0.3) is 5.52 Å². The fraction of sp³-hybridized carbons (Fsp3) is 0.273. The lowest BCUT2D eigenvalue weighted by molar-refractivity contribution is 0.0693. The first kappa shape index (κ1) is 10.5. The van der Waals surface area contributed by atoms with E-state index in [-0.39, 0.29) is 5.69 Å². The van der Waals surface area contributed by atoms with Crippen LogP contribution in [-0.2, 0) is 0 Å². The number of carbonyl (C=O) groups is 1. The standard InChI is InChI=1S/C11H13N3O2/c1-3-12-8-4-5-9-10(11(15)16)13-7(2)14(9)6-8/h4-6,12H,3H2,1-2H3,(H,15,16). The molecule has 2 rings (SSSR count). The Labute approximate surface area is 92.7 Å². The van der Waals surface area contributed by atoms with E-state index in [1.807, 2.05) is 19.2 Å². The molecule has 2 N–H and O–H groups in total. The molecule has 0 bridgehead atoms. The summed E-state index contributed by atoms with van der Waals surface area (Å²) in [5.41, 5.74) is 1.67. The van der Waals surface area contributed by atoms with Crippen molar-refractivity contribution in [3.63, 3.8) is 0 Å². The maximum atomic E-state index is 10.9. The number of aromatic nitrogens is 2. The fourth-order valence-electron chi connectivity index (χ4n) is 1.70. The van der Waals surface area contributed by atoms with Gasteiger partial charge in [-0.3, -0.25) is 0 Å². The van der Waals surface area contributed by atoms with E-state index >= 15 is 0 Å². The number of fused-ring (bicyclic) bond motifs is 1. The number of pyridine rings is 1. The zero-order chi connectivity index (χ0) is 11.7. The number of rotatable bonds is 3. The predicted molar refractivity (Wildman–Crippen MR) is 61.1 cm³/mol. The van der Waals surface area contributed by atoms with Crippen molar-refractivity contribution in [3.8, 4) is 0 Å². The van der Waals surface area contributed by atoms with Crippen LogP contribution in [0.15, 0.2) is 18.3 Å². The highest BCUT2D eigenvalue weighted by Crippen LogP contribution is 2.16. The topological polar surface area (TPSA) is 66.6 Å². The molecule has 0 saturated heterocycles. The molecule has 0 radical (unpaired) electrons. The summed E-state index contributed by atoms with van der Waals surface area (Å²) in [4.78, 5) is 15.0. The van der Waals surface area contributed by atoms with Crippen LogP contribution in [0.4, 0.5) is 5.69 Å². The lowest BCUT2D eigenvalue weighted by atomic mass is 10.3. The zero-order valence-corrected chi connectivity index (χ0v) is 9.19. The van der Waals surface area contributed by atoms with Crippen molar-refractivity contribution < 1.29 is 9.90 Å². The molecule has 0 fully saturated rings. The summed E-state index contributed by atoms with van der Waals surface area (Å²) in [5, 5.41) is 12.1. The van der Waals surface area contributed by atoms with E-state index in [1.165, 1.54) is 0 Å². The largest absolute Gasteiger partial charge is 0.476 e. The molecule has 16 heavy (non-hydrogen) atoms. The number of nitrogens with zero attached hydrogens (tertiary/aromatic N) is 2. The summed E-state index contributed by atoms with van der Waals surface area (Å²) in [6.45, 7) is 4.62. The molecular formula is C11H13N3O2. The van der Waals surface area contributed by atoms with Gasteiger partial charge in [0.15, 0.2) is 5.69 Å². The van der Waals surface area contributed by atoms with Crippen LogP contribution < -0.4 is 5.32 Å². The monoisotopic (exact) mass is 219 g/mol. The third-order valence-corrected chi connectivity index (χ3v) is 2.40. The molecule has 0 spiro atoms. The van der Waals surface area contributed by atoms with Crippen LogP contribution >= 0.6 is 0 Å². The number of hydrogen-bond donors (Lipinski definition) is 2. The van der Waals surface area contributed by atoms with Gasteiger partial charge >= 0.3 is 5.97 Å². The van der Waals surface area contributed by atoms with Crippen LogP contribution in [-0.4, -0.2) is 27.0 Å². The number of nitrogens with one attached hydrogen (secondary N) is 1. The van der Waals surface area contributed by atoms with Gasteiger partial charge in [-0.15, -0.1) is 0 Å². The number of aromatic carboxylic acids is 1. The molecule has 2 aromatic heterocycles. The van der Waals surface area contributed by atoms with E-state index in [4.69, 9.17) is 5.11 Å². The number of carboxylic acid groups (broad SMARTS) is 1. The third kappa shape index (κ3) is 1.60. The molecular weight excluding hydrogens is 206 g/mol. The fourth-order valence-corrected chi connectivity index (χ4v) is 1.70. The minimum absolute atomic E-state index is 0.0977. The van der Waals surface area contributed by atoms with Gasteiger partial charge in [-0.25, -0.2) is 9.78 Å². The number of anilines is 1. The molecule has 0 saturated carbocycles. The van der Waals surface area contributed by atoms with Gasteiger partial charge in [-0.1, -0.05) is 0 Å². The van der Waals surface area contributed by atoms with Gasteiger partial charge in [-0.2, -0.15) is 0 Å². The van der Waals surface area contributed by atoms with Crippen molar-refractivity contribution in [2.75, 3.05) is 11.9 Å². The highest BCUT2D eigenvalue weighted by Gasteiger charge is 2.14. The third-order valence-electron chi connectivity index (χ3n) is 2.40. The molecule has 0 aromatic carbocycles. The summed E-state index contributed by atoms with van der Waals surface area (Å²) < 4.78 is 1.78. The molecule has 2 aromatic rings. The summed E-state index contributed by atoms with van der Waals surface area (Å²) in [6, 6.07) is 3.62. The van der Waals surface area contributed by atoms with Gasteiger partial charge in [-0.05, 0) is 26.0 Å². The van der Waals surface area contributed by atoms with Crippen LogP contribution in [0, 0.1) is 6.92 Å². The predicted octanol–water partition coefficient (Wildman–Crippen LogP) is 1.77. The Morgan fingerprint density at radius 1 is 1.56 bits per heavy atom. The molecule has 0 unspecified atom stereocenters. The first-order chi connectivity index (χ1) is 7.63. The first-order valence-corrected chi connectivity index (χ1v) is 5.09. The Balaban J connectivity index is 2.62. The Bertz CT molecular complexity index is 545. The molecule has 0 aliphatic heterocycles. The number of hydrogen-bond acceptors (Lipinski definition) is 3.